The fourth-order valence-corrected chi connectivity index (χ4v) is 5.58. The van der Waals surface area contributed by atoms with Crippen LogP contribution in [0.3, 0.4) is 0 Å². The van der Waals surface area contributed by atoms with E-state index in [1.54, 1.807) is 0 Å². The van der Waals surface area contributed by atoms with Crippen molar-refractivity contribution >= 4 is 11.6 Å². The standard InChI is InChI=1S/C25H41N5O/c1-19(2)29-14-12-28(13-15-29)18-24(31)30-16-21-7-5-6-20(3)25(21)26-11-10-22-8-9-23(17-30)27(22)4/h5-7,19,22-23,26H,8-18H2,1-4H3. The van der Waals surface area contributed by atoms with Crippen LogP contribution < -0.4 is 5.32 Å². The highest BCUT2D eigenvalue weighted by atomic mass is 16.2. The smallest absolute Gasteiger partial charge is 0.237 e. The molecule has 2 fully saturated rings. The monoisotopic (exact) mass is 427 g/mol. The van der Waals surface area contributed by atoms with Crippen molar-refractivity contribution in [1.82, 2.24) is 19.6 Å². The van der Waals surface area contributed by atoms with E-state index in [9.17, 15) is 4.79 Å². The normalized spacial score (nSPS) is 26.4. The summed E-state index contributed by atoms with van der Waals surface area (Å²) in [4.78, 5) is 23.1. The SMILES string of the molecule is Cc1cccc2c1NCCC1CCC(CN(C(=O)CN3CCN(C(C)C)CC3)C2)N1C. The second kappa shape index (κ2) is 9.88. The van der Waals surface area contributed by atoms with Gasteiger partial charge in [0.05, 0.1) is 6.54 Å². The molecule has 2 bridgehead atoms. The molecule has 3 heterocycles. The molecule has 4 rings (SSSR count). The molecule has 0 aliphatic carbocycles. The number of hydrogen-bond donors (Lipinski definition) is 1. The molecule has 3 aliphatic rings. The average Bonchev–Trinajstić information content (AvgIpc) is 3.07. The maximum atomic E-state index is 13.5. The van der Waals surface area contributed by atoms with Gasteiger partial charge in [-0.2, -0.15) is 0 Å². The summed E-state index contributed by atoms with van der Waals surface area (Å²) in [6.07, 6.45) is 3.59. The number of carbonyl (C=O) groups is 1. The number of nitrogens with one attached hydrogen (secondary N) is 1. The average molecular weight is 428 g/mol. The molecule has 2 atom stereocenters. The lowest BCUT2D eigenvalue weighted by molar-refractivity contribution is -0.134. The van der Waals surface area contributed by atoms with Gasteiger partial charge in [0.15, 0.2) is 0 Å². The molecule has 2 saturated heterocycles. The van der Waals surface area contributed by atoms with Gasteiger partial charge >= 0.3 is 0 Å². The number of aryl methyl sites for hydroxylation is 1. The summed E-state index contributed by atoms with van der Waals surface area (Å²) in [5, 5.41) is 3.71. The minimum Gasteiger partial charge on any atom is -0.384 e. The van der Waals surface area contributed by atoms with Gasteiger partial charge in [0.1, 0.15) is 0 Å². The van der Waals surface area contributed by atoms with Gasteiger partial charge in [0.2, 0.25) is 5.91 Å². The summed E-state index contributed by atoms with van der Waals surface area (Å²) in [6, 6.07) is 8.16. The Kier molecular flexibility index (Phi) is 7.19. The van der Waals surface area contributed by atoms with Crippen LogP contribution >= 0.6 is 0 Å². The van der Waals surface area contributed by atoms with Crippen LogP contribution in [-0.4, -0.2) is 96.5 Å². The fraction of sp³-hybridized carbons (Fsp3) is 0.720. The number of para-hydroxylation sites is 1. The quantitative estimate of drug-likeness (QED) is 0.803. The van der Waals surface area contributed by atoms with Crippen molar-refractivity contribution in [2.75, 3.05) is 58.2 Å². The van der Waals surface area contributed by atoms with Crippen LogP contribution in [0.2, 0.25) is 0 Å². The Labute approximate surface area is 188 Å². The Bertz CT molecular complexity index is 758. The van der Waals surface area contributed by atoms with E-state index >= 15 is 0 Å². The number of rotatable bonds is 3. The Morgan fingerprint density at radius 3 is 2.58 bits per heavy atom. The van der Waals surface area contributed by atoms with E-state index in [0.29, 0.717) is 31.2 Å². The Balaban J connectivity index is 1.50. The van der Waals surface area contributed by atoms with E-state index in [2.05, 4.69) is 70.9 Å². The van der Waals surface area contributed by atoms with Gasteiger partial charge in [-0.25, -0.2) is 0 Å². The number of fused-ring (bicyclic) bond motifs is 3. The van der Waals surface area contributed by atoms with E-state index in [-0.39, 0.29) is 5.91 Å². The third-order valence-electron chi connectivity index (χ3n) is 7.76. The van der Waals surface area contributed by atoms with E-state index in [4.69, 9.17) is 0 Å². The van der Waals surface area contributed by atoms with Crippen molar-refractivity contribution in [1.29, 1.82) is 0 Å². The molecule has 172 valence electrons. The molecule has 6 nitrogen and oxygen atoms in total. The third-order valence-corrected chi connectivity index (χ3v) is 7.76. The number of piperazine rings is 1. The van der Waals surface area contributed by atoms with Crippen molar-refractivity contribution in [2.24, 2.45) is 0 Å². The molecule has 31 heavy (non-hydrogen) atoms. The molecule has 6 heteroatoms. The van der Waals surface area contributed by atoms with E-state index in [0.717, 1.165) is 45.7 Å². The van der Waals surface area contributed by atoms with Crippen LogP contribution in [0.4, 0.5) is 5.69 Å². The number of carbonyl (C=O) groups excluding carboxylic acids is 1. The number of amides is 1. The second-order valence-electron chi connectivity index (χ2n) is 10.1. The Hall–Kier alpha value is -1.63. The first-order valence-electron chi connectivity index (χ1n) is 12.2. The molecule has 0 radical (unpaired) electrons. The summed E-state index contributed by atoms with van der Waals surface area (Å²) in [5.74, 6) is 0.279. The van der Waals surface area contributed by atoms with Crippen molar-refractivity contribution in [3.05, 3.63) is 29.3 Å². The van der Waals surface area contributed by atoms with E-state index in [1.807, 2.05) is 0 Å². The maximum Gasteiger partial charge on any atom is 0.237 e. The lowest BCUT2D eigenvalue weighted by Crippen LogP contribution is -2.52. The van der Waals surface area contributed by atoms with Crippen LogP contribution in [0.25, 0.3) is 0 Å². The van der Waals surface area contributed by atoms with Gasteiger partial charge in [-0.3, -0.25) is 19.5 Å². The molecule has 1 amide bonds. The Morgan fingerprint density at radius 2 is 1.84 bits per heavy atom. The highest BCUT2D eigenvalue weighted by Crippen LogP contribution is 2.29. The minimum atomic E-state index is 0.279. The lowest BCUT2D eigenvalue weighted by atomic mass is 10.1. The predicted octanol–water partition coefficient (Wildman–Crippen LogP) is 2.63. The molecule has 0 aromatic heterocycles. The number of nitrogens with zero attached hydrogens (tertiary/aromatic N) is 4. The second-order valence-corrected chi connectivity index (χ2v) is 10.1. The van der Waals surface area contributed by atoms with Crippen molar-refractivity contribution < 1.29 is 4.79 Å². The molecule has 1 aromatic carbocycles. The topological polar surface area (TPSA) is 42.1 Å². The number of anilines is 1. The van der Waals surface area contributed by atoms with Crippen LogP contribution in [0.15, 0.2) is 18.2 Å². The molecule has 0 spiro atoms. The van der Waals surface area contributed by atoms with Gasteiger partial charge in [-0.15, -0.1) is 0 Å². The highest BCUT2D eigenvalue weighted by molar-refractivity contribution is 5.78. The molecule has 2 unspecified atom stereocenters. The first-order chi connectivity index (χ1) is 14.9. The summed E-state index contributed by atoms with van der Waals surface area (Å²) in [5.41, 5.74) is 3.75. The number of benzene rings is 1. The van der Waals surface area contributed by atoms with Gasteiger partial charge in [0, 0.05) is 69.6 Å². The number of likely N-dealkylation sites (N-methyl/N-ethyl adjacent to an activating group) is 1. The molecular weight excluding hydrogens is 386 g/mol. The van der Waals surface area contributed by atoms with Crippen LogP contribution in [0.5, 0.6) is 0 Å². The first kappa shape index (κ1) is 22.6. The zero-order chi connectivity index (χ0) is 22.0. The zero-order valence-electron chi connectivity index (χ0n) is 19.9. The van der Waals surface area contributed by atoms with Gasteiger partial charge in [-0.05, 0) is 58.2 Å². The van der Waals surface area contributed by atoms with E-state index in [1.165, 1.54) is 29.7 Å². The molecule has 1 aromatic rings. The summed E-state index contributed by atoms with van der Waals surface area (Å²) in [7, 11) is 2.26. The van der Waals surface area contributed by atoms with Crippen LogP contribution in [0.1, 0.15) is 44.2 Å². The highest BCUT2D eigenvalue weighted by Gasteiger charge is 2.33. The number of hydrogen-bond acceptors (Lipinski definition) is 5. The molecule has 0 saturated carbocycles. The fourth-order valence-electron chi connectivity index (χ4n) is 5.58. The minimum absolute atomic E-state index is 0.279. The zero-order valence-corrected chi connectivity index (χ0v) is 19.9. The largest absolute Gasteiger partial charge is 0.384 e. The summed E-state index contributed by atoms with van der Waals surface area (Å²) < 4.78 is 0. The molecule has 3 aliphatic heterocycles. The van der Waals surface area contributed by atoms with Gasteiger partial charge in [0.25, 0.3) is 0 Å². The molecular formula is C25H41N5O. The first-order valence-corrected chi connectivity index (χ1v) is 12.2. The van der Waals surface area contributed by atoms with Crippen molar-refractivity contribution in [3.63, 3.8) is 0 Å². The third kappa shape index (κ3) is 5.24. The molecule has 1 N–H and O–H groups in total. The predicted molar refractivity (Wildman–Crippen MR) is 127 cm³/mol. The van der Waals surface area contributed by atoms with Crippen molar-refractivity contribution in [3.8, 4) is 0 Å². The van der Waals surface area contributed by atoms with Gasteiger partial charge < -0.3 is 10.2 Å². The van der Waals surface area contributed by atoms with E-state index < -0.39 is 0 Å². The summed E-state index contributed by atoms with van der Waals surface area (Å²) in [6.45, 7) is 13.9. The van der Waals surface area contributed by atoms with Crippen molar-refractivity contribution in [2.45, 2.75) is 64.7 Å². The Morgan fingerprint density at radius 1 is 1.10 bits per heavy atom. The van der Waals surface area contributed by atoms with Gasteiger partial charge in [-0.1, -0.05) is 18.2 Å². The lowest BCUT2D eigenvalue weighted by Gasteiger charge is -2.38. The maximum absolute atomic E-state index is 13.5. The van der Waals surface area contributed by atoms with Crippen LogP contribution in [-0.2, 0) is 11.3 Å². The van der Waals surface area contributed by atoms with Crippen LogP contribution in [0, 0.1) is 6.92 Å². The summed E-state index contributed by atoms with van der Waals surface area (Å²) >= 11 is 0.